The molecule has 0 N–H and O–H groups in total. The highest BCUT2D eigenvalue weighted by Crippen LogP contribution is 2.51. The van der Waals surface area contributed by atoms with Crippen molar-refractivity contribution in [2.24, 2.45) is 5.92 Å². The van der Waals surface area contributed by atoms with Gasteiger partial charge in [0.15, 0.2) is 17.6 Å². The number of nitro groups is 1. The minimum atomic E-state index is -1.19. The zero-order valence-corrected chi connectivity index (χ0v) is 19.9. The van der Waals surface area contributed by atoms with Crippen molar-refractivity contribution in [2.45, 2.75) is 12.1 Å². The highest BCUT2D eigenvalue weighted by molar-refractivity contribution is 6.31. The van der Waals surface area contributed by atoms with E-state index in [-0.39, 0.29) is 22.7 Å². The molecule has 3 aromatic rings. The summed E-state index contributed by atoms with van der Waals surface area (Å²) in [5.41, 5.74) is 0.708. The van der Waals surface area contributed by atoms with E-state index in [1.807, 2.05) is 0 Å². The molecule has 2 aliphatic rings. The monoisotopic (exact) mass is 509 g/mol. The second-order valence-corrected chi connectivity index (χ2v) is 8.61. The molecule has 2 amide bonds. The van der Waals surface area contributed by atoms with E-state index in [4.69, 9.17) is 25.9 Å². The first-order valence-corrected chi connectivity index (χ1v) is 11.3. The Labute approximate surface area is 210 Å². The van der Waals surface area contributed by atoms with Gasteiger partial charge >= 0.3 is 0 Å². The third-order valence-electron chi connectivity index (χ3n) is 6.26. The molecule has 0 aromatic heterocycles. The summed E-state index contributed by atoms with van der Waals surface area (Å²) in [6, 6.07) is 16.7. The average molecular weight is 510 g/mol. The molecular weight excluding hydrogens is 490 g/mol. The van der Waals surface area contributed by atoms with Gasteiger partial charge < -0.3 is 9.47 Å². The van der Waals surface area contributed by atoms with Crippen molar-refractivity contribution in [3.8, 4) is 11.5 Å². The zero-order valence-electron chi connectivity index (χ0n) is 19.2. The second kappa shape index (κ2) is 9.14. The van der Waals surface area contributed by atoms with Gasteiger partial charge in [-0.3, -0.25) is 24.5 Å². The zero-order chi connectivity index (χ0) is 25.6. The number of hydrogen-bond donors (Lipinski definition) is 0. The van der Waals surface area contributed by atoms with Gasteiger partial charge in [-0.05, 0) is 42.5 Å². The maximum Gasteiger partial charge on any atom is 0.278 e. The van der Waals surface area contributed by atoms with Crippen molar-refractivity contribution >= 4 is 40.5 Å². The summed E-state index contributed by atoms with van der Waals surface area (Å²) >= 11 is 5.97. The Balaban J connectivity index is 1.68. The summed E-state index contributed by atoms with van der Waals surface area (Å²) in [6.07, 6.45) is -1.19. The molecule has 0 bridgehead atoms. The minimum absolute atomic E-state index is 0.146. The van der Waals surface area contributed by atoms with Gasteiger partial charge in [-0.1, -0.05) is 29.8 Å². The van der Waals surface area contributed by atoms with Gasteiger partial charge in [0, 0.05) is 5.02 Å². The first kappa shape index (κ1) is 23.6. The lowest BCUT2D eigenvalue weighted by molar-refractivity contribution is -0.385. The highest BCUT2D eigenvalue weighted by atomic mass is 35.5. The van der Waals surface area contributed by atoms with E-state index in [1.54, 1.807) is 54.6 Å². The number of amides is 2. The molecule has 2 fully saturated rings. The maximum absolute atomic E-state index is 13.7. The summed E-state index contributed by atoms with van der Waals surface area (Å²) in [7, 11) is 2.78. The fraction of sp³-hybridized carbons (Fsp3) is 0.200. The molecule has 2 heterocycles. The number of anilines is 2. The Morgan fingerprint density at radius 1 is 0.917 bits per heavy atom. The maximum atomic E-state index is 13.7. The van der Waals surface area contributed by atoms with Crippen LogP contribution in [0.1, 0.15) is 11.6 Å². The van der Waals surface area contributed by atoms with E-state index in [1.165, 1.54) is 31.4 Å². The number of carbonyl (C=O) groups excluding carboxylic acids is 2. The van der Waals surface area contributed by atoms with Crippen LogP contribution < -0.4 is 19.4 Å². The smallest absolute Gasteiger partial charge is 0.278 e. The summed E-state index contributed by atoms with van der Waals surface area (Å²) in [6.45, 7) is 0. The van der Waals surface area contributed by atoms with Crippen molar-refractivity contribution in [2.75, 3.05) is 24.2 Å². The molecule has 184 valence electrons. The molecule has 0 unspecified atom stereocenters. The molecule has 36 heavy (non-hydrogen) atoms. The van der Waals surface area contributed by atoms with Crippen LogP contribution >= 0.6 is 11.6 Å². The predicted molar refractivity (Wildman–Crippen MR) is 130 cm³/mol. The Morgan fingerprint density at radius 2 is 1.56 bits per heavy atom. The molecule has 0 spiro atoms. The van der Waals surface area contributed by atoms with E-state index in [9.17, 15) is 19.7 Å². The van der Waals surface area contributed by atoms with Crippen molar-refractivity contribution in [3.05, 3.63) is 87.4 Å². The number of halogens is 1. The lowest BCUT2D eigenvalue weighted by Crippen LogP contribution is -2.37. The van der Waals surface area contributed by atoms with Crippen LogP contribution in [-0.2, 0) is 14.4 Å². The lowest BCUT2D eigenvalue weighted by atomic mass is 9.89. The quantitative estimate of drug-likeness (QED) is 0.274. The summed E-state index contributed by atoms with van der Waals surface area (Å²) < 4.78 is 10.6. The van der Waals surface area contributed by atoms with Gasteiger partial charge in [-0.25, -0.2) is 9.96 Å². The van der Waals surface area contributed by atoms with Crippen molar-refractivity contribution in [3.63, 3.8) is 0 Å². The van der Waals surface area contributed by atoms with E-state index in [0.29, 0.717) is 16.4 Å². The Bertz CT molecular complexity index is 1350. The van der Waals surface area contributed by atoms with E-state index in [2.05, 4.69) is 0 Å². The van der Waals surface area contributed by atoms with E-state index >= 15 is 0 Å². The fourth-order valence-corrected chi connectivity index (χ4v) is 4.78. The number of carbonyl (C=O) groups is 2. The number of methoxy groups -OCH3 is 2. The largest absolute Gasteiger partial charge is 0.493 e. The Morgan fingerprint density at radius 3 is 2.17 bits per heavy atom. The SMILES string of the molecule is COc1cc([C@H]2[C@@H]3C(=O)N(c4ccc(Cl)cc4)C(=O)[C@H]3ON2c2ccccc2)c([N+](=O)[O-])cc1OC. The number of nitrogens with zero attached hydrogens (tertiary/aromatic N) is 3. The second-order valence-electron chi connectivity index (χ2n) is 8.17. The molecule has 0 radical (unpaired) electrons. The highest BCUT2D eigenvalue weighted by Gasteiger charge is 2.61. The first-order chi connectivity index (χ1) is 17.3. The molecule has 11 heteroatoms. The Hall–Kier alpha value is -4.15. The number of ether oxygens (including phenoxy) is 2. The number of para-hydroxylation sites is 1. The van der Waals surface area contributed by atoms with Crippen LogP contribution in [0.25, 0.3) is 0 Å². The minimum Gasteiger partial charge on any atom is -0.493 e. The number of rotatable bonds is 6. The van der Waals surface area contributed by atoms with E-state index in [0.717, 1.165) is 4.90 Å². The molecule has 0 saturated carbocycles. The van der Waals surface area contributed by atoms with Gasteiger partial charge in [0.2, 0.25) is 5.91 Å². The number of hydrogen-bond acceptors (Lipinski definition) is 8. The number of nitro benzene ring substituents is 1. The number of benzene rings is 3. The predicted octanol–water partition coefficient (Wildman–Crippen LogP) is 4.32. The molecular formula is C25H20ClN3O7. The summed E-state index contributed by atoms with van der Waals surface area (Å²) in [5.74, 6) is -1.78. The molecule has 10 nitrogen and oxygen atoms in total. The summed E-state index contributed by atoms with van der Waals surface area (Å²) in [4.78, 5) is 45.8. The Kier molecular flexibility index (Phi) is 5.99. The number of fused-ring (bicyclic) bond motifs is 1. The van der Waals surface area contributed by atoms with Gasteiger partial charge in [0.25, 0.3) is 11.6 Å². The van der Waals surface area contributed by atoms with Crippen LogP contribution in [0.15, 0.2) is 66.7 Å². The summed E-state index contributed by atoms with van der Waals surface area (Å²) in [5, 5.41) is 14.0. The lowest BCUT2D eigenvalue weighted by Gasteiger charge is -2.29. The van der Waals surface area contributed by atoms with Crippen LogP contribution in [0, 0.1) is 16.0 Å². The van der Waals surface area contributed by atoms with Gasteiger partial charge in [0.05, 0.1) is 42.1 Å². The van der Waals surface area contributed by atoms with Crippen molar-refractivity contribution < 1.29 is 28.8 Å². The molecule has 0 aliphatic carbocycles. The third-order valence-corrected chi connectivity index (χ3v) is 6.51. The van der Waals surface area contributed by atoms with E-state index < -0.39 is 34.8 Å². The first-order valence-electron chi connectivity index (χ1n) is 10.9. The molecule has 2 saturated heterocycles. The van der Waals surface area contributed by atoms with Crippen molar-refractivity contribution in [1.29, 1.82) is 0 Å². The number of imide groups is 1. The topological polar surface area (TPSA) is 111 Å². The molecule has 2 aliphatic heterocycles. The van der Waals surface area contributed by atoms with Gasteiger partial charge in [-0.15, -0.1) is 0 Å². The third kappa shape index (κ3) is 3.71. The van der Waals surface area contributed by atoms with Crippen LogP contribution in [0.4, 0.5) is 17.1 Å². The molecule has 3 aromatic carbocycles. The fourth-order valence-electron chi connectivity index (χ4n) is 4.65. The van der Waals surface area contributed by atoms with Crippen LogP contribution in [0.2, 0.25) is 5.02 Å². The molecule has 5 rings (SSSR count). The number of hydroxylamine groups is 1. The van der Waals surface area contributed by atoms with Crippen molar-refractivity contribution in [1.82, 2.24) is 0 Å². The average Bonchev–Trinajstić information content (AvgIpc) is 3.40. The van der Waals surface area contributed by atoms with Crippen LogP contribution in [0.5, 0.6) is 11.5 Å². The standard InChI is InChI=1S/C25H20ClN3O7/c1-34-19-12-17(18(29(32)33)13-20(19)35-2)22-21-23(36-28(22)16-6-4-3-5-7-16)25(31)27(24(21)30)15-10-8-14(26)9-11-15/h3-13,21-23H,1-2H3/t21-,22-,23-/m0/s1. The van der Waals surface area contributed by atoms with Gasteiger partial charge in [0.1, 0.15) is 12.0 Å². The van der Waals surface area contributed by atoms with Gasteiger partial charge in [-0.2, -0.15) is 0 Å². The van der Waals surface area contributed by atoms with Crippen LogP contribution in [0.3, 0.4) is 0 Å². The van der Waals surface area contributed by atoms with Crippen LogP contribution in [-0.4, -0.2) is 37.1 Å². The normalized spacial score (nSPS) is 21.0. The molecule has 3 atom stereocenters.